The fourth-order valence-electron chi connectivity index (χ4n) is 2.77. The van der Waals surface area contributed by atoms with Crippen LogP contribution in [0.2, 0.25) is 5.02 Å². The van der Waals surface area contributed by atoms with Gasteiger partial charge in [-0.2, -0.15) is 5.10 Å². The number of hydrazine groups is 1. The Morgan fingerprint density at radius 2 is 2.00 bits per heavy atom. The van der Waals surface area contributed by atoms with Gasteiger partial charge in [0, 0.05) is 23.2 Å². The van der Waals surface area contributed by atoms with Gasteiger partial charge in [-0.1, -0.05) is 35.9 Å². The zero-order chi connectivity index (χ0) is 19.4. The van der Waals surface area contributed by atoms with Crippen LogP contribution in [-0.4, -0.2) is 22.6 Å². The van der Waals surface area contributed by atoms with E-state index >= 15 is 0 Å². The predicted molar refractivity (Wildman–Crippen MR) is 102 cm³/mol. The molecule has 27 heavy (non-hydrogen) atoms. The van der Waals surface area contributed by atoms with Gasteiger partial charge in [-0.15, -0.1) is 0 Å². The molecule has 9 heteroatoms. The van der Waals surface area contributed by atoms with E-state index < -0.39 is 11.0 Å². The van der Waals surface area contributed by atoms with Crippen LogP contribution in [0.4, 0.5) is 5.69 Å². The number of benzene rings is 2. The fraction of sp³-hybridized carbons (Fsp3) is 0.222. The molecule has 1 fully saturated rings. The third-order valence-corrected chi connectivity index (χ3v) is 4.55. The van der Waals surface area contributed by atoms with Crippen LogP contribution in [0, 0.1) is 10.1 Å². The minimum Gasteiger partial charge on any atom is -0.271 e. The van der Waals surface area contributed by atoms with Gasteiger partial charge in [0.1, 0.15) is 6.04 Å². The number of hydrazone groups is 1. The van der Waals surface area contributed by atoms with E-state index in [1.165, 1.54) is 12.1 Å². The van der Waals surface area contributed by atoms with Gasteiger partial charge in [-0.25, -0.2) is 16.3 Å². The summed E-state index contributed by atoms with van der Waals surface area (Å²) in [5.41, 5.74) is 10.7. The second kappa shape index (κ2) is 8.26. The average Bonchev–Trinajstić information content (AvgIpc) is 3.17. The summed E-state index contributed by atoms with van der Waals surface area (Å²) >= 11 is 5.86. The van der Waals surface area contributed by atoms with Gasteiger partial charge in [0.15, 0.2) is 0 Å². The monoisotopic (exact) mass is 387 g/mol. The van der Waals surface area contributed by atoms with Gasteiger partial charge < -0.3 is 0 Å². The molecule has 2 aromatic rings. The van der Waals surface area contributed by atoms with Gasteiger partial charge in [-0.05, 0) is 36.6 Å². The molecule has 3 N–H and O–H groups in total. The van der Waals surface area contributed by atoms with E-state index in [0.29, 0.717) is 17.2 Å². The van der Waals surface area contributed by atoms with E-state index in [9.17, 15) is 14.9 Å². The lowest BCUT2D eigenvalue weighted by atomic mass is 10.0. The maximum atomic E-state index is 12.3. The molecule has 8 nitrogen and oxygen atoms in total. The zero-order valence-electron chi connectivity index (χ0n) is 14.5. The van der Waals surface area contributed by atoms with Crippen molar-refractivity contribution in [3.63, 3.8) is 0 Å². The van der Waals surface area contributed by atoms with Crippen molar-refractivity contribution in [1.29, 1.82) is 0 Å². The average molecular weight is 388 g/mol. The lowest BCUT2D eigenvalue weighted by molar-refractivity contribution is -0.384. The topological polar surface area (TPSA) is 109 Å². The molecule has 1 aliphatic rings. The fourth-order valence-corrected chi connectivity index (χ4v) is 2.90. The van der Waals surface area contributed by atoms with Crippen molar-refractivity contribution in [2.24, 2.45) is 5.10 Å². The molecule has 0 saturated carbocycles. The molecule has 0 radical (unpaired) electrons. The third-order valence-electron chi connectivity index (χ3n) is 4.30. The molecule has 0 spiro atoms. The standard InChI is InChI=1S/C18H18ClN5O3/c1-11(12-5-7-14(19)8-6-12)20-23-18(25)17-10-16(21-22-17)13-3-2-4-15(9-13)24(26)27/h2-9,16-17,21-22H,10H2,1H3,(H,23,25)/b20-11-. The van der Waals surface area contributed by atoms with Crippen LogP contribution in [0.15, 0.2) is 53.6 Å². The number of halogens is 1. The van der Waals surface area contributed by atoms with Crippen molar-refractivity contribution < 1.29 is 9.72 Å². The molecule has 3 rings (SSSR count). The van der Waals surface area contributed by atoms with E-state index in [0.717, 1.165) is 11.1 Å². The lowest BCUT2D eigenvalue weighted by Crippen LogP contribution is -2.41. The highest BCUT2D eigenvalue weighted by molar-refractivity contribution is 6.30. The SMILES string of the molecule is C/C(=N/NC(=O)C1CC(c2cccc([N+](=O)[O-])c2)NN1)c1ccc(Cl)cc1. The van der Waals surface area contributed by atoms with Crippen LogP contribution in [0.1, 0.15) is 30.5 Å². The second-order valence-corrected chi connectivity index (χ2v) is 6.60. The van der Waals surface area contributed by atoms with Gasteiger partial charge in [0.25, 0.3) is 11.6 Å². The molecule has 2 aromatic carbocycles. The number of nitro benzene ring substituents is 1. The molecule has 0 bridgehead atoms. The van der Waals surface area contributed by atoms with Crippen LogP contribution in [0.5, 0.6) is 0 Å². The molecule has 2 atom stereocenters. The van der Waals surface area contributed by atoms with Crippen molar-refractivity contribution in [3.8, 4) is 0 Å². The first-order valence-corrected chi connectivity index (χ1v) is 8.67. The van der Waals surface area contributed by atoms with Crippen molar-refractivity contribution in [1.82, 2.24) is 16.3 Å². The molecular weight excluding hydrogens is 370 g/mol. The number of carbonyl (C=O) groups is 1. The van der Waals surface area contributed by atoms with Gasteiger partial charge in [-0.3, -0.25) is 14.9 Å². The Hall–Kier alpha value is -2.81. The quantitative estimate of drug-likeness (QED) is 0.415. The largest absolute Gasteiger partial charge is 0.271 e. The van der Waals surface area contributed by atoms with Crippen molar-refractivity contribution in [2.45, 2.75) is 25.4 Å². The Bertz CT molecular complexity index is 885. The highest BCUT2D eigenvalue weighted by atomic mass is 35.5. The van der Waals surface area contributed by atoms with E-state index in [1.54, 1.807) is 31.2 Å². The zero-order valence-corrected chi connectivity index (χ0v) is 15.2. The minimum absolute atomic E-state index is 0.0189. The summed E-state index contributed by atoms with van der Waals surface area (Å²) < 4.78 is 0. The molecule has 2 unspecified atom stereocenters. The van der Waals surface area contributed by atoms with E-state index in [-0.39, 0.29) is 17.6 Å². The number of amides is 1. The first-order chi connectivity index (χ1) is 12.9. The Morgan fingerprint density at radius 3 is 2.70 bits per heavy atom. The maximum absolute atomic E-state index is 12.3. The van der Waals surface area contributed by atoms with Gasteiger partial charge in [0.05, 0.1) is 10.6 Å². The second-order valence-electron chi connectivity index (χ2n) is 6.16. The normalized spacial score (nSPS) is 19.7. The number of nitrogens with one attached hydrogen (secondary N) is 3. The summed E-state index contributed by atoms with van der Waals surface area (Å²) in [4.78, 5) is 22.8. The predicted octanol–water partition coefficient (Wildman–Crippen LogP) is 2.70. The molecule has 1 aliphatic heterocycles. The highest BCUT2D eigenvalue weighted by Crippen LogP contribution is 2.25. The van der Waals surface area contributed by atoms with E-state index in [4.69, 9.17) is 11.6 Å². The molecule has 140 valence electrons. The Labute approximate surface area is 160 Å². The molecule has 1 heterocycles. The van der Waals surface area contributed by atoms with E-state index in [1.807, 2.05) is 12.1 Å². The summed E-state index contributed by atoms with van der Waals surface area (Å²) in [6.07, 6.45) is 0.447. The van der Waals surface area contributed by atoms with Crippen molar-refractivity contribution >= 4 is 28.9 Å². The number of rotatable bonds is 5. The summed E-state index contributed by atoms with van der Waals surface area (Å²) in [6, 6.07) is 12.8. The number of nitro groups is 1. The molecular formula is C18H18ClN5O3. The van der Waals surface area contributed by atoms with Crippen LogP contribution in [0.3, 0.4) is 0 Å². The minimum atomic E-state index is -0.504. The smallest absolute Gasteiger partial charge is 0.269 e. The summed E-state index contributed by atoms with van der Waals surface area (Å²) in [5.74, 6) is -0.288. The molecule has 1 saturated heterocycles. The van der Waals surface area contributed by atoms with Crippen molar-refractivity contribution in [2.75, 3.05) is 0 Å². The Balaban J connectivity index is 1.60. The number of hydrogen-bond acceptors (Lipinski definition) is 6. The molecule has 0 aromatic heterocycles. The van der Waals surface area contributed by atoms with Gasteiger partial charge in [0.2, 0.25) is 0 Å². The summed E-state index contributed by atoms with van der Waals surface area (Å²) in [5, 5.41) is 15.7. The van der Waals surface area contributed by atoms with Crippen LogP contribution >= 0.6 is 11.6 Å². The van der Waals surface area contributed by atoms with Gasteiger partial charge >= 0.3 is 0 Å². The number of nitrogens with zero attached hydrogens (tertiary/aromatic N) is 2. The molecule has 1 amide bonds. The number of carbonyl (C=O) groups excluding carboxylic acids is 1. The number of hydrogen-bond donors (Lipinski definition) is 3. The van der Waals surface area contributed by atoms with Crippen LogP contribution < -0.4 is 16.3 Å². The third kappa shape index (κ3) is 4.68. The number of non-ortho nitro benzene ring substituents is 1. The van der Waals surface area contributed by atoms with Crippen LogP contribution in [0.25, 0.3) is 0 Å². The first-order valence-electron chi connectivity index (χ1n) is 8.29. The molecule has 0 aliphatic carbocycles. The van der Waals surface area contributed by atoms with Crippen molar-refractivity contribution in [3.05, 3.63) is 74.8 Å². The summed E-state index contributed by atoms with van der Waals surface area (Å²) in [7, 11) is 0. The maximum Gasteiger partial charge on any atom is 0.269 e. The first kappa shape index (κ1) is 19.0. The Kier molecular flexibility index (Phi) is 5.80. The van der Waals surface area contributed by atoms with Crippen LogP contribution in [-0.2, 0) is 4.79 Å². The Morgan fingerprint density at radius 1 is 1.26 bits per heavy atom. The highest BCUT2D eigenvalue weighted by Gasteiger charge is 2.30. The summed E-state index contributed by atoms with van der Waals surface area (Å²) in [6.45, 7) is 1.79. The lowest BCUT2D eigenvalue weighted by Gasteiger charge is -2.09. The van der Waals surface area contributed by atoms with E-state index in [2.05, 4.69) is 21.4 Å².